The number of hydrogen-bond donors (Lipinski definition) is 1. The molecule has 1 fully saturated rings. The Hall–Kier alpha value is -1.68. The molecule has 1 atom stereocenters. The Balaban J connectivity index is 1.77. The molecule has 4 heteroatoms. The summed E-state index contributed by atoms with van der Waals surface area (Å²) in [6.45, 7) is 6.40. The predicted molar refractivity (Wildman–Crippen MR) is 78.5 cm³/mol. The Morgan fingerprint density at radius 3 is 3.05 bits per heavy atom. The lowest BCUT2D eigenvalue weighted by Crippen LogP contribution is -2.31. The molecule has 0 bridgehead atoms. The zero-order valence-electron chi connectivity index (χ0n) is 12.1. The fraction of sp³-hybridized carbons (Fsp3) is 0.500. The number of benzene rings is 1. The number of hydrogen-bond acceptors (Lipinski definition) is 4. The molecule has 20 heavy (non-hydrogen) atoms. The molecule has 2 heterocycles. The van der Waals surface area contributed by atoms with Crippen molar-refractivity contribution in [3.05, 3.63) is 35.2 Å². The van der Waals surface area contributed by atoms with Gasteiger partial charge in [0, 0.05) is 12.0 Å². The summed E-state index contributed by atoms with van der Waals surface area (Å²) >= 11 is 0. The lowest BCUT2D eigenvalue weighted by Gasteiger charge is -2.20. The average molecular weight is 271 g/mol. The smallest absolute Gasteiger partial charge is 0.258 e. The maximum atomic E-state index is 5.45. The first-order valence-electron chi connectivity index (χ1n) is 7.34. The molecule has 0 spiro atoms. The number of aromatic nitrogens is 2. The monoisotopic (exact) mass is 271 g/mol. The summed E-state index contributed by atoms with van der Waals surface area (Å²) in [5.74, 6) is 2.10. The van der Waals surface area contributed by atoms with Crippen molar-refractivity contribution >= 4 is 0 Å². The highest BCUT2D eigenvalue weighted by molar-refractivity contribution is 5.60. The van der Waals surface area contributed by atoms with Crippen LogP contribution in [0, 0.1) is 19.8 Å². The molecule has 1 aromatic carbocycles. The summed E-state index contributed by atoms with van der Waals surface area (Å²) in [4.78, 5) is 4.57. The molecule has 0 aliphatic carbocycles. The van der Waals surface area contributed by atoms with Gasteiger partial charge < -0.3 is 9.84 Å². The highest BCUT2D eigenvalue weighted by Gasteiger charge is 2.18. The van der Waals surface area contributed by atoms with Crippen LogP contribution in [-0.2, 0) is 6.42 Å². The van der Waals surface area contributed by atoms with Crippen LogP contribution in [0.2, 0.25) is 0 Å². The lowest BCUT2D eigenvalue weighted by molar-refractivity contribution is 0.360. The molecular formula is C16H21N3O. The average Bonchev–Trinajstić information content (AvgIpc) is 2.91. The summed E-state index contributed by atoms with van der Waals surface area (Å²) in [6.07, 6.45) is 3.40. The fourth-order valence-corrected chi connectivity index (χ4v) is 2.79. The Morgan fingerprint density at radius 2 is 2.25 bits per heavy atom. The van der Waals surface area contributed by atoms with Crippen LogP contribution in [0.1, 0.15) is 29.8 Å². The van der Waals surface area contributed by atoms with Gasteiger partial charge in [-0.25, -0.2) is 0 Å². The van der Waals surface area contributed by atoms with Crippen molar-refractivity contribution in [1.82, 2.24) is 15.5 Å². The van der Waals surface area contributed by atoms with Gasteiger partial charge in [-0.15, -0.1) is 0 Å². The van der Waals surface area contributed by atoms with E-state index < -0.39 is 0 Å². The molecule has 3 rings (SSSR count). The van der Waals surface area contributed by atoms with Gasteiger partial charge in [-0.2, -0.15) is 4.98 Å². The summed E-state index contributed by atoms with van der Waals surface area (Å²) in [5.41, 5.74) is 3.51. The minimum absolute atomic E-state index is 0.632. The predicted octanol–water partition coefficient (Wildman–Crippen LogP) is 2.90. The molecule has 0 amide bonds. The first-order chi connectivity index (χ1) is 9.74. The van der Waals surface area contributed by atoms with Gasteiger partial charge >= 0.3 is 0 Å². The summed E-state index contributed by atoms with van der Waals surface area (Å²) in [7, 11) is 0. The first kappa shape index (κ1) is 13.3. The zero-order valence-corrected chi connectivity index (χ0v) is 12.1. The highest BCUT2D eigenvalue weighted by atomic mass is 16.5. The highest BCUT2D eigenvalue weighted by Crippen LogP contribution is 2.24. The van der Waals surface area contributed by atoms with E-state index in [1.54, 1.807) is 0 Å². The second-order valence-electron chi connectivity index (χ2n) is 5.68. The SMILES string of the molecule is Cc1cccc(-c2nc(CC3CCCNC3)no2)c1C. The first-order valence-corrected chi connectivity index (χ1v) is 7.34. The molecule has 1 N–H and O–H groups in total. The van der Waals surface area contributed by atoms with E-state index in [1.165, 1.54) is 24.0 Å². The quantitative estimate of drug-likeness (QED) is 0.932. The third-order valence-electron chi connectivity index (χ3n) is 4.17. The van der Waals surface area contributed by atoms with Crippen LogP contribution in [0.25, 0.3) is 11.5 Å². The molecule has 0 saturated carbocycles. The number of piperidine rings is 1. The van der Waals surface area contributed by atoms with E-state index in [2.05, 4.69) is 35.4 Å². The molecule has 1 aromatic heterocycles. The van der Waals surface area contributed by atoms with Gasteiger partial charge in [-0.3, -0.25) is 0 Å². The molecular weight excluding hydrogens is 250 g/mol. The Bertz CT molecular complexity index is 585. The van der Waals surface area contributed by atoms with Crippen molar-refractivity contribution in [2.75, 3.05) is 13.1 Å². The van der Waals surface area contributed by atoms with E-state index >= 15 is 0 Å². The lowest BCUT2D eigenvalue weighted by atomic mass is 9.96. The summed E-state index contributed by atoms with van der Waals surface area (Å²) in [6, 6.07) is 6.18. The van der Waals surface area contributed by atoms with Crippen LogP contribution in [0.15, 0.2) is 22.7 Å². The van der Waals surface area contributed by atoms with Crippen LogP contribution in [0.5, 0.6) is 0 Å². The van der Waals surface area contributed by atoms with Crippen LogP contribution in [0.3, 0.4) is 0 Å². The second kappa shape index (κ2) is 5.75. The Labute approximate surface area is 119 Å². The number of nitrogens with one attached hydrogen (secondary N) is 1. The van der Waals surface area contributed by atoms with E-state index in [9.17, 15) is 0 Å². The summed E-state index contributed by atoms with van der Waals surface area (Å²) < 4.78 is 5.45. The van der Waals surface area contributed by atoms with Crippen LogP contribution < -0.4 is 5.32 Å². The maximum Gasteiger partial charge on any atom is 0.258 e. The fourth-order valence-electron chi connectivity index (χ4n) is 2.79. The minimum Gasteiger partial charge on any atom is -0.334 e. The molecule has 1 aliphatic heterocycles. The zero-order chi connectivity index (χ0) is 13.9. The molecule has 0 radical (unpaired) electrons. The number of rotatable bonds is 3. The molecule has 106 valence electrons. The van der Waals surface area contributed by atoms with Gasteiger partial charge in [0.25, 0.3) is 5.89 Å². The van der Waals surface area contributed by atoms with Crippen molar-refractivity contribution in [3.8, 4) is 11.5 Å². The van der Waals surface area contributed by atoms with Crippen molar-refractivity contribution in [2.24, 2.45) is 5.92 Å². The van der Waals surface area contributed by atoms with Crippen molar-refractivity contribution in [2.45, 2.75) is 33.1 Å². The van der Waals surface area contributed by atoms with Gasteiger partial charge in [0.05, 0.1) is 0 Å². The van der Waals surface area contributed by atoms with Gasteiger partial charge in [0.2, 0.25) is 0 Å². The molecule has 1 aliphatic rings. The van der Waals surface area contributed by atoms with Gasteiger partial charge in [-0.05, 0) is 62.9 Å². The van der Waals surface area contributed by atoms with Gasteiger partial charge in [0.15, 0.2) is 5.82 Å². The minimum atomic E-state index is 0.632. The van der Waals surface area contributed by atoms with E-state index in [0.717, 1.165) is 30.9 Å². The Morgan fingerprint density at radius 1 is 1.35 bits per heavy atom. The summed E-state index contributed by atoms with van der Waals surface area (Å²) in [5, 5.41) is 7.57. The molecule has 2 aromatic rings. The van der Waals surface area contributed by atoms with Crippen molar-refractivity contribution in [1.29, 1.82) is 0 Å². The van der Waals surface area contributed by atoms with Gasteiger partial charge in [-0.1, -0.05) is 17.3 Å². The molecule has 1 unspecified atom stereocenters. The van der Waals surface area contributed by atoms with Crippen molar-refractivity contribution < 1.29 is 4.52 Å². The standard InChI is InChI=1S/C16H21N3O/c1-11-5-3-7-14(12(11)2)16-18-15(19-20-16)9-13-6-4-8-17-10-13/h3,5,7,13,17H,4,6,8-10H2,1-2H3. The largest absolute Gasteiger partial charge is 0.334 e. The third kappa shape index (κ3) is 2.75. The van der Waals surface area contributed by atoms with Gasteiger partial charge in [0.1, 0.15) is 0 Å². The number of aryl methyl sites for hydroxylation is 1. The second-order valence-corrected chi connectivity index (χ2v) is 5.68. The molecule has 1 saturated heterocycles. The normalized spacial score (nSPS) is 19.2. The van der Waals surface area contributed by atoms with Crippen molar-refractivity contribution in [3.63, 3.8) is 0 Å². The van der Waals surface area contributed by atoms with E-state index in [1.807, 2.05) is 12.1 Å². The van der Waals surface area contributed by atoms with E-state index in [0.29, 0.717) is 11.8 Å². The van der Waals surface area contributed by atoms with Crippen LogP contribution in [0.4, 0.5) is 0 Å². The third-order valence-corrected chi connectivity index (χ3v) is 4.17. The van der Waals surface area contributed by atoms with E-state index in [4.69, 9.17) is 4.52 Å². The van der Waals surface area contributed by atoms with Crippen LogP contribution >= 0.6 is 0 Å². The van der Waals surface area contributed by atoms with E-state index in [-0.39, 0.29) is 0 Å². The van der Waals surface area contributed by atoms with Crippen LogP contribution in [-0.4, -0.2) is 23.2 Å². The Kier molecular flexibility index (Phi) is 3.83. The molecule has 4 nitrogen and oxygen atoms in total. The topological polar surface area (TPSA) is 51.0 Å². The number of nitrogens with zero attached hydrogens (tertiary/aromatic N) is 2. The maximum absolute atomic E-state index is 5.45.